The van der Waals surface area contributed by atoms with E-state index in [0.717, 1.165) is 11.1 Å². The zero-order chi connectivity index (χ0) is 12.3. The van der Waals surface area contributed by atoms with Crippen LogP contribution in [-0.4, -0.2) is 7.05 Å². The Morgan fingerprint density at radius 3 is 2.35 bits per heavy atom. The molecule has 17 heavy (non-hydrogen) atoms. The Balaban J connectivity index is 2.42. The van der Waals surface area contributed by atoms with Crippen molar-refractivity contribution in [2.24, 2.45) is 0 Å². The second-order valence-electron chi connectivity index (χ2n) is 4.16. The van der Waals surface area contributed by atoms with Gasteiger partial charge in [-0.3, -0.25) is 0 Å². The largest absolute Gasteiger partial charge is 0.309 e. The Bertz CT molecular complexity index is 494. The summed E-state index contributed by atoms with van der Waals surface area (Å²) in [4.78, 5) is 0. The zero-order valence-corrected chi connectivity index (χ0v) is 10.1. The molecular formula is C15H16FN. The van der Waals surface area contributed by atoms with Crippen LogP contribution >= 0.6 is 0 Å². The molecule has 0 aromatic heterocycles. The number of halogens is 1. The number of benzene rings is 2. The highest BCUT2D eigenvalue weighted by Gasteiger charge is 2.15. The first kappa shape index (κ1) is 11.8. The molecule has 1 atom stereocenters. The first-order chi connectivity index (χ1) is 8.22. The quantitative estimate of drug-likeness (QED) is 0.850. The third-order valence-electron chi connectivity index (χ3n) is 2.89. The van der Waals surface area contributed by atoms with E-state index in [1.54, 1.807) is 6.07 Å². The number of aryl methyl sites for hydroxylation is 1. The molecule has 0 saturated carbocycles. The van der Waals surface area contributed by atoms with Crippen molar-refractivity contribution >= 4 is 0 Å². The van der Waals surface area contributed by atoms with Crippen LogP contribution < -0.4 is 5.32 Å². The lowest BCUT2D eigenvalue weighted by Gasteiger charge is -2.18. The maximum Gasteiger partial charge on any atom is 0.128 e. The monoisotopic (exact) mass is 229 g/mol. The third-order valence-corrected chi connectivity index (χ3v) is 2.89. The molecule has 1 unspecified atom stereocenters. The maximum absolute atomic E-state index is 13.9. The predicted octanol–water partition coefficient (Wildman–Crippen LogP) is 3.44. The van der Waals surface area contributed by atoms with Gasteiger partial charge in [0, 0.05) is 5.56 Å². The fourth-order valence-electron chi connectivity index (χ4n) is 2.01. The summed E-state index contributed by atoms with van der Waals surface area (Å²) in [6, 6.07) is 15.1. The van der Waals surface area contributed by atoms with Gasteiger partial charge in [0.15, 0.2) is 0 Å². The molecule has 2 aromatic carbocycles. The number of hydrogen-bond acceptors (Lipinski definition) is 1. The van der Waals surface area contributed by atoms with Crippen molar-refractivity contribution in [2.75, 3.05) is 7.05 Å². The normalized spacial score (nSPS) is 12.4. The third kappa shape index (κ3) is 2.53. The lowest BCUT2D eigenvalue weighted by molar-refractivity contribution is 0.575. The minimum Gasteiger partial charge on any atom is -0.309 e. The summed E-state index contributed by atoms with van der Waals surface area (Å²) in [6.07, 6.45) is 0. The van der Waals surface area contributed by atoms with Gasteiger partial charge in [-0.1, -0.05) is 42.5 Å². The number of nitrogens with one attached hydrogen (secondary N) is 1. The number of rotatable bonds is 3. The summed E-state index contributed by atoms with van der Waals surface area (Å²) in [5, 5.41) is 3.15. The smallest absolute Gasteiger partial charge is 0.128 e. The average Bonchev–Trinajstić information content (AvgIpc) is 2.34. The van der Waals surface area contributed by atoms with Gasteiger partial charge in [-0.25, -0.2) is 4.39 Å². The van der Waals surface area contributed by atoms with Crippen molar-refractivity contribution in [2.45, 2.75) is 13.0 Å². The predicted molar refractivity (Wildman–Crippen MR) is 68.5 cm³/mol. The van der Waals surface area contributed by atoms with Gasteiger partial charge >= 0.3 is 0 Å². The lowest BCUT2D eigenvalue weighted by Crippen LogP contribution is -2.18. The Labute approximate surface area is 101 Å². The molecule has 0 fully saturated rings. The van der Waals surface area contributed by atoms with Gasteiger partial charge < -0.3 is 5.32 Å². The van der Waals surface area contributed by atoms with Crippen LogP contribution in [0.15, 0.2) is 48.5 Å². The van der Waals surface area contributed by atoms with E-state index < -0.39 is 0 Å². The van der Waals surface area contributed by atoms with Crippen molar-refractivity contribution in [1.29, 1.82) is 0 Å². The molecule has 88 valence electrons. The Morgan fingerprint density at radius 2 is 1.76 bits per heavy atom. The van der Waals surface area contributed by atoms with Crippen LogP contribution in [0.5, 0.6) is 0 Å². The highest BCUT2D eigenvalue weighted by atomic mass is 19.1. The van der Waals surface area contributed by atoms with Crippen LogP contribution in [-0.2, 0) is 0 Å². The number of hydrogen-bond donors (Lipinski definition) is 1. The van der Waals surface area contributed by atoms with E-state index >= 15 is 0 Å². The first-order valence-corrected chi connectivity index (χ1v) is 5.70. The summed E-state index contributed by atoms with van der Waals surface area (Å²) >= 11 is 0. The molecule has 2 aromatic rings. The molecule has 2 rings (SSSR count). The van der Waals surface area contributed by atoms with Gasteiger partial charge in [-0.2, -0.15) is 0 Å². The fraction of sp³-hybridized carbons (Fsp3) is 0.200. The van der Waals surface area contributed by atoms with Gasteiger partial charge in [-0.05, 0) is 31.2 Å². The molecule has 0 spiro atoms. The second-order valence-corrected chi connectivity index (χ2v) is 4.16. The van der Waals surface area contributed by atoms with Gasteiger partial charge in [0.2, 0.25) is 0 Å². The van der Waals surface area contributed by atoms with Gasteiger partial charge in [0.25, 0.3) is 0 Å². The minimum atomic E-state index is -0.159. The summed E-state index contributed by atoms with van der Waals surface area (Å²) < 4.78 is 13.9. The van der Waals surface area contributed by atoms with Crippen LogP contribution in [0.2, 0.25) is 0 Å². The standard InChI is InChI=1S/C15H16FN/c1-11-8-9-13(14(16)10-11)15(17-2)12-6-4-3-5-7-12/h3-10,15,17H,1-2H3. The summed E-state index contributed by atoms with van der Waals surface area (Å²) in [6.45, 7) is 1.89. The zero-order valence-electron chi connectivity index (χ0n) is 10.1. The van der Waals surface area contributed by atoms with Crippen molar-refractivity contribution in [1.82, 2.24) is 5.32 Å². The average molecular weight is 229 g/mol. The van der Waals surface area contributed by atoms with E-state index in [9.17, 15) is 4.39 Å². The molecule has 0 aliphatic rings. The van der Waals surface area contributed by atoms with Gasteiger partial charge in [-0.15, -0.1) is 0 Å². The maximum atomic E-state index is 13.9. The molecule has 0 aliphatic carbocycles. The lowest BCUT2D eigenvalue weighted by atomic mass is 9.97. The van der Waals surface area contributed by atoms with E-state index in [4.69, 9.17) is 0 Å². The summed E-state index contributed by atoms with van der Waals surface area (Å²) in [5.74, 6) is -0.159. The molecule has 0 heterocycles. The van der Waals surface area contributed by atoms with E-state index in [0.29, 0.717) is 5.56 Å². The Kier molecular flexibility index (Phi) is 3.55. The van der Waals surface area contributed by atoms with Crippen LogP contribution in [0.25, 0.3) is 0 Å². The van der Waals surface area contributed by atoms with E-state index in [1.165, 1.54) is 0 Å². The fourth-order valence-corrected chi connectivity index (χ4v) is 2.01. The summed E-state index contributed by atoms with van der Waals surface area (Å²) in [5.41, 5.74) is 2.69. The molecule has 0 radical (unpaired) electrons. The molecule has 0 saturated heterocycles. The van der Waals surface area contributed by atoms with Crippen molar-refractivity contribution < 1.29 is 4.39 Å². The van der Waals surface area contributed by atoms with E-state index in [1.807, 2.05) is 56.4 Å². The molecule has 0 bridgehead atoms. The Morgan fingerprint density at radius 1 is 1.06 bits per heavy atom. The molecule has 1 nitrogen and oxygen atoms in total. The van der Waals surface area contributed by atoms with E-state index in [-0.39, 0.29) is 11.9 Å². The highest BCUT2D eigenvalue weighted by Crippen LogP contribution is 2.24. The highest BCUT2D eigenvalue weighted by molar-refractivity contribution is 5.34. The van der Waals surface area contributed by atoms with Crippen LogP contribution in [0.4, 0.5) is 4.39 Å². The Hall–Kier alpha value is -1.67. The minimum absolute atomic E-state index is 0.100. The van der Waals surface area contributed by atoms with E-state index in [2.05, 4.69) is 5.32 Å². The SMILES string of the molecule is CNC(c1ccccc1)c1ccc(C)cc1F. The van der Waals surface area contributed by atoms with Crippen molar-refractivity contribution in [3.05, 3.63) is 71.0 Å². The van der Waals surface area contributed by atoms with Gasteiger partial charge in [0.05, 0.1) is 6.04 Å². The van der Waals surface area contributed by atoms with Crippen LogP contribution in [0.3, 0.4) is 0 Å². The second kappa shape index (κ2) is 5.11. The molecule has 1 N–H and O–H groups in total. The van der Waals surface area contributed by atoms with Crippen molar-refractivity contribution in [3.63, 3.8) is 0 Å². The van der Waals surface area contributed by atoms with Crippen LogP contribution in [0, 0.1) is 12.7 Å². The molecule has 0 amide bonds. The molecule has 2 heteroatoms. The summed E-state index contributed by atoms with van der Waals surface area (Å²) in [7, 11) is 1.84. The molecule has 0 aliphatic heterocycles. The van der Waals surface area contributed by atoms with Crippen molar-refractivity contribution in [3.8, 4) is 0 Å². The molecular weight excluding hydrogens is 213 g/mol. The topological polar surface area (TPSA) is 12.0 Å². The first-order valence-electron chi connectivity index (χ1n) is 5.70. The van der Waals surface area contributed by atoms with Crippen LogP contribution in [0.1, 0.15) is 22.7 Å². The van der Waals surface area contributed by atoms with Gasteiger partial charge in [0.1, 0.15) is 5.82 Å².